The maximum atomic E-state index is 13.3. The van der Waals surface area contributed by atoms with Gasteiger partial charge < -0.3 is 19.5 Å². The molecule has 0 radical (unpaired) electrons. The summed E-state index contributed by atoms with van der Waals surface area (Å²) >= 11 is 11.4. The van der Waals surface area contributed by atoms with Crippen molar-refractivity contribution in [3.05, 3.63) is 68.3 Å². The lowest BCUT2D eigenvalue weighted by Crippen LogP contribution is -2.30. The molecule has 0 saturated heterocycles. The van der Waals surface area contributed by atoms with E-state index in [1.165, 1.54) is 11.8 Å². The zero-order chi connectivity index (χ0) is 26.5. The molecule has 4 rings (SSSR count). The number of esters is 1. The summed E-state index contributed by atoms with van der Waals surface area (Å²) in [6.45, 7) is 6.50. The van der Waals surface area contributed by atoms with Crippen LogP contribution in [0, 0.1) is 0 Å². The summed E-state index contributed by atoms with van der Waals surface area (Å²) in [5.74, 6) is 1.85. The molecular formula is C26H28BrClN4O4S. The molecule has 196 valence electrons. The molecule has 0 fully saturated rings. The lowest BCUT2D eigenvalue weighted by Gasteiger charge is -2.28. The van der Waals surface area contributed by atoms with E-state index in [1.807, 2.05) is 57.2 Å². The Bertz CT molecular complexity index is 1330. The highest BCUT2D eigenvalue weighted by Gasteiger charge is 2.36. The fourth-order valence-corrected chi connectivity index (χ4v) is 5.67. The van der Waals surface area contributed by atoms with E-state index in [-0.39, 0.29) is 0 Å². The van der Waals surface area contributed by atoms with E-state index >= 15 is 0 Å². The standard InChI is InChI=1S/C26H28BrClN4O4S/c1-5-11-36-24(33)21-15(3)29-25-30-26(37-14-16-9-7-8-10-19(16)28)31-32(25)22(21)17-12-18(27)23(35-6-2)20(13-17)34-4/h7-10,12-13,22H,5-6,11,14H2,1-4H3,(H,29,30,31). The second-order valence-corrected chi connectivity index (χ2v) is 10.4. The van der Waals surface area contributed by atoms with Gasteiger partial charge in [-0.05, 0) is 65.5 Å². The van der Waals surface area contributed by atoms with Crippen LogP contribution in [0.15, 0.2) is 57.3 Å². The average molecular weight is 608 g/mol. The highest BCUT2D eigenvalue weighted by molar-refractivity contribution is 9.10. The molecule has 1 atom stereocenters. The number of nitrogens with one attached hydrogen (secondary N) is 1. The molecule has 0 aliphatic carbocycles. The molecule has 2 aromatic carbocycles. The Balaban J connectivity index is 1.77. The molecule has 0 amide bonds. The van der Waals surface area contributed by atoms with Gasteiger partial charge in [0, 0.05) is 16.5 Å². The molecule has 1 aromatic heterocycles. The quantitative estimate of drug-likeness (QED) is 0.203. The molecule has 11 heteroatoms. The summed E-state index contributed by atoms with van der Waals surface area (Å²) < 4.78 is 19.4. The summed E-state index contributed by atoms with van der Waals surface area (Å²) in [5.41, 5.74) is 2.86. The Morgan fingerprint density at radius 2 is 2.05 bits per heavy atom. The van der Waals surface area contributed by atoms with Gasteiger partial charge in [0.1, 0.15) is 6.04 Å². The van der Waals surface area contributed by atoms with Gasteiger partial charge in [0.2, 0.25) is 11.1 Å². The number of carbonyl (C=O) groups is 1. The maximum Gasteiger partial charge on any atom is 0.338 e. The highest BCUT2D eigenvalue weighted by atomic mass is 79.9. The minimum absolute atomic E-state index is 0.321. The first-order valence-corrected chi connectivity index (χ1v) is 14.0. The number of methoxy groups -OCH3 is 1. The van der Waals surface area contributed by atoms with E-state index in [2.05, 4.69) is 21.2 Å². The van der Waals surface area contributed by atoms with Gasteiger partial charge in [-0.1, -0.05) is 48.5 Å². The summed E-state index contributed by atoms with van der Waals surface area (Å²) in [4.78, 5) is 18.0. The molecular weight excluding hydrogens is 580 g/mol. The number of anilines is 1. The molecule has 0 saturated carbocycles. The summed E-state index contributed by atoms with van der Waals surface area (Å²) in [6, 6.07) is 10.9. The van der Waals surface area contributed by atoms with Crippen LogP contribution in [0.4, 0.5) is 5.95 Å². The fourth-order valence-electron chi connectivity index (χ4n) is 3.98. The monoisotopic (exact) mass is 606 g/mol. The van der Waals surface area contributed by atoms with E-state index in [1.54, 1.807) is 11.8 Å². The van der Waals surface area contributed by atoms with Crippen LogP contribution in [0.1, 0.15) is 44.4 Å². The molecule has 1 aliphatic heterocycles. The van der Waals surface area contributed by atoms with Gasteiger partial charge in [-0.2, -0.15) is 4.98 Å². The summed E-state index contributed by atoms with van der Waals surface area (Å²) in [5, 5.41) is 9.26. The largest absolute Gasteiger partial charge is 0.493 e. The molecule has 0 bridgehead atoms. The average Bonchev–Trinajstić information content (AvgIpc) is 3.29. The Kier molecular flexibility index (Phi) is 9.04. The number of halogens is 2. The smallest absolute Gasteiger partial charge is 0.338 e. The number of nitrogens with zero attached hydrogens (tertiary/aromatic N) is 3. The van der Waals surface area contributed by atoms with Crippen LogP contribution in [-0.4, -0.2) is 41.1 Å². The first-order valence-electron chi connectivity index (χ1n) is 11.9. The van der Waals surface area contributed by atoms with Crippen molar-refractivity contribution in [2.75, 3.05) is 25.6 Å². The number of rotatable bonds is 10. The zero-order valence-corrected chi connectivity index (χ0v) is 24.2. The van der Waals surface area contributed by atoms with Crippen LogP contribution in [0.25, 0.3) is 0 Å². The molecule has 1 unspecified atom stereocenters. The van der Waals surface area contributed by atoms with Gasteiger partial charge in [0.25, 0.3) is 0 Å². The lowest BCUT2D eigenvalue weighted by molar-refractivity contribution is -0.139. The van der Waals surface area contributed by atoms with Crippen LogP contribution in [0.5, 0.6) is 11.5 Å². The Labute approximate surface area is 233 Å². The third kappa shape index (κ3) is 5.91. The van der Waals surface area contributed by atoms with Crippen LogP contribution in [0.2, 0.25) is 5.02 Å². The van der Waals surface area contributed by atoms with Gasteiger partial charge in [-0.25, -0.2) is 9.48 Å². The minimum Gasteiger partial charge on any atom is -0.493 e. The van der Waals surface area contributed by atoms with E-state index < -0.39 is 12.0 Å². The number of thioether (sulfide) groups is 1. The van der Waals surface area contributed by atoms with Gasteiger partial charge in [0.05, 0.1) is 30.4 Å². The predicted molar refractivity (Wildman–Crippen MR) is 149 cm³/mol. The number of hydrogen-bond donors (Lipinski definition) is 1. The van der Waals surface area contributed by atoms with Crippen molar-refractivity contribution in [2.24, 2.45) is 0 Å². The minimum atomic E-state index is -0.594. The van der Waals surface area contributed by atoms with Crippen LogP contribution in [0.3, 0.4) is 0 Å². The van der Waals surface area contributed by atoms with Crippen molar-refractivity contribution in [3.8, 4) is 11.5 Å². The third-order valence-electron chi connectivity index (χ3n) is 5.66. The summed E-state index contributed by atoms with van der Waals surface area (Å²) in [6.07, 6.45) is 0.718. The van der Waals surface area contributed by atoms with Crippen molar-refractivity contribution in [2.45, 2.75) is 44.1 Å². The highest BCUT2D eigenvalue weighted by Crippen LogP contribution is 2.43. The number of hydrogen-bond acceptors (Lipinski definition) is 8. The number of ether oxygens (including phenoxy) is 3. The van der Waals surface area contributed by atoms with E-state index in [9.17, 15) is 4.79 Å². The molecule has 2 heterocycles. The Morgan fingerprint density at radius 1 is 1.27 bits per heavy atom. The van der Waals surface area contributed by atoms with Gasteiger partial charge >= 0.3 is 5.97 Å². The predicted octanol–water partition coefficient (Wildman–Crippen LogP) is 6.64. The van der Waals surface area contributed by atoms with E-state index in [4.69, 9.17) is 35.9 Å². The maximum absolute atomic E-state index is 13.3. The first kappa shape index (κ1) is 27.3. The van der Waals surface area contributed by atoms with E-state index in [0.717, 1.165) is 17.5 Å². The lowest BCUT2D eigenvalue weighted by atomic mass is 9.95. The topological polar surface area (TPSA) is 87.5 Å². The SMILES string of the molecule is CCCOC(=O)C1=C(C)Nc2nc(SCc3ccccc3Cl)nn2C1c1cc(Br)c(OCC)c(OC)c1. The number of allylic oxidation sites excluding steroid dienone is 1. The van der Waals surface area contributed by atoms with Crippen LogP contribution >= 0.6 is 39.3 Å². The molecule has 1 aliphatic rings. The zero-order valence-electron chi connectivity index (χ0n) is 21.0. The van der Waals surface area contributed by atoms with Gasteiger partial charge in [-0.15, -0.1) is 5.10 Å². The summed E-state index contributed by atoms with van der Waals surface area (Å²) in [7, 11) is 1.58. The number of aromatic nitrogens is 3. The molecule has 0 spiro atoms. The van der Waals surface area contributed by atoms with Crippen molar-refractivity contribution in [1.82, 2.24) is 14.8 Å². The van der Waals surface area contributed by atoms with Gasteiger partial charge in [0.15, 0.2) is 11.5 Å². The van der Waals surface area contributed by atoms with Gasteiger partial charge in [-0.3, -0.25) is 0 Å². The van der Waals surface area contributed by atoms with Crippen molar-refractivity contribution < 1.29 is 19.0 Å². The van der Waals surface area contributed by atoms with Crippen LogP contribution in [-0.2, 0) is 15.3 Å². The molecule has 1 N–H and O–H groups in total. The van der Waals surface area contributed by atoms with E-state index in [0.29, 0.717) is 62.3 Å². The van der Waals surface area contributed by atoms with Crippen molar-refractivity contribution in [1.29, 1.82) is 0 Å². The first-order chi connectivity index (χ1) is 17.9. The Morgan fingerprint density at radius 3 is 2.76 bits per heavy atom. The van der Waals surface area contributed by atoms with Crippen LogP contribution < -0.4 is 14.8 Å². The second kappa shape index (κ2) is 12.2. The van der Waals surface area contributed by atoms with Crippen molar-refractivity contribution >= 4 is 51.2 Å². The number of carbonyl (C=O) groups excluding carboxylic acids is 1. The molecule has 8 nitrogen and oxygen atoms in total. The third-order valence-corrected chi connectivity index (χ3v) is 7.51. The molecule has 37 heavy (non-hydrogen) atoms. The number of benzene rings is 2. The fraction of sp³-hybridized carbons (Fsp3) is 0.346. The number of fused-ring (bicyclic) bond motifs is 1. The Hall–Kier alpha value is -2.69. The molecule has 3 aromatic rings. The van der Waals surface area contributed by atoms with Crippen molar-refractivity contribution in [3.63, 3.8) is 0 Å². The normalized spacial score (nSPS) is 14.7. The second-order valence-electron chi connectivity index (χ2n) is 8.21.